The third-order valence-electron chi connectivity index (χ3n) is 5.17. The van der Waals surface area contributed by atoms with Gasteiger partial charge in [-0.25, -0.2) is 13.5 Å². The van der Waals surface area contributed by atoms with Gasteiger partial charge in [0, 0.05) is 19.6 Å². The fourth-order valence-corrected chi connectivity index (χ4v) is 3.57. The summed E-state index contributed by atoms with van der Waals surface area (Å²) in [5, 5.41) is 11.5. The van der Waals surface area contributed by atoms with Crippen molar-refractivity contribution in [3.05, 3.63) is 82.7 Å². The van der Waals surface area contributed by atoms with Crippen LogP contribution >= 0.6 is 0 Å². The Morgan fingerprint density at radius 3 is 2.72 bits per heavy atom. The molecule has 0 saturated carbocycles. The van der Waals surface area contributed by atoms with E-state index < -0.39 is 0 Å². The molecule has 1 atom stereocenters. The first-order valence-corrected chi connectivity index (χ1v) is 9.44. The Hall–Kier alpha value is -3.13. The van der Waals surface area contributed by atoms with E-state index in [-0.39, 0.29) is 29.3 Å². The van der Waals surface area contributed by atoms with E-state index in [1.54, 1.807) is 34.7 Å². The Bertz CT molecular complexity index is 1020. The van der Waals surface area contributed by atoms with Crippen LogP contribution in [0.25, 0.3) is 0 Å². The molecule has 0 spiro atoms. The Morgan fingerprint density at radius 2 is 1.97 bits per heavy atom. The van der Waals surface area contributed by atoms with E-state index in [0.29, 0.717) is 31.9 Å². The number of benzene rings is 2. The van der Waals surface area contributed by atoms with Crippen molar-refractivity contribution in [2.75, 3.05) is 19.6 Å². The lowest BCUT2D eigenvalue weighted by molar-refractivity contribution is 0.0627. The molecule has 2 aromatic carbocycles. The summed E-state index contributed by atoms with van der Waals surface area (Å²) >= 11 is 0. The molecule has 0 radical (unpaired) electrons. The van der Waals surface area contributed by atoms with E-state index in [4.69, 9.17) is 0 Å². The molecule has 0 bridgehead atoms. The van der Waals surface area contributed by atoms with Crippen molar-refractivity contribution < 1.29 is 13.6 Å². The molecule has 1 N–H and O–H groups in total. The highest BCUT2D eigenvalue weighted by atomic mass is 19.1. The van der Waals surface area contributed by atoms with Crippen LogP contribution in [-0.2, 0) is 6.54 Å². The van der Waals surface area contributed by atoms with Gasteiger partial charge in [0.1, 0.15) is 11.6 Å². The molecule has 0 aliphatic carbocycles. The molecule has 1 aromatic heterocycles. The first kappa shape index (κ1) is 19.2. The summed E-state index contributed by atoms with van der Waals surface area (Å²) in [7, 11) is 0. The lowest BCUT2D eigenvalue weighted by atomic mass is 10.0. The number of hydrogen-bond acceptors (Lipinski definition) is 4. The van der Waals surface area contributed by atoms with Gasteiger partial charge in [-0.05, 0) is 42.3 Å². The summed E-state index contributed by atoms with van der Waals surface area (Å²) in [6, 6.07) is 12.1. The molecule has 8 heteroatoms. The number of piperazine rings is 1. The first-order chi connectivity index (χ1) is 14.0. The van der Waals surface area contributed by atoms with Gasteiger partial charge >= 0.3 is 0 Å². The second-order valence-electron chi connectivity index (χ2n) is 7.08. The lowest BCUT2D eigenvalue weighted by Crippen LogP contribution is -2.49. The summed E-state index contributed by atoms with van der Waals surface area (Å²) in [6.07, 6.45) is 0. The molecule has 2 heterocycles. The zero-order valence-electron chi connectivity index (χ0n) is 16.0. The van der Waals surface area contributed by atoms with Gasteiger partial charge in [-0.15, -0.1) is 5.10 Å². The van der Waals surface area contributed by atoms with E-state index in [9.17, 15) is 13.6 Å². The molecule has 29 heavy (non-hydrogen) atoms. The van der Waals surface area contributed by atoms with E-state index >= 15 is 0 Å². The van der Waals surface area contributed by atoms with Gasteiger partial charge in [-0.2, -0.15) is 0 Å². The average molecular weight is 397 g/mol. The van der Waals surface area contributed by atoms with Crippen molar-refractivity contribution in [3.63, 3.8) is 0 Å². The SMILES string of the molecule is Cc1c(C(=O)N2CCNCC2c2cccc(F)c2)nnn1Cc1ccc(F)cc1. The van der Waals surface area contributed by atoms with Gasteiger partial charge in [0.25, 0.3) is 5.91 Å². The summed E-state index contributed by atoms with van der Waals surface area (Å²) in [4.78, 5) is 15.0. The maximum atomic E-state index is 13.7. The minimum atomic E-state index is -0.332. The van der Waals surface area contributed by atoms with Crippen LogP contribution in [0.1, 0.15) is 33.4 Å². The van der Waals surface area contributed by atoms with Gasteiger partial charge in [-0.1, -0.05) is 29.5 Å². The molecule has 1 fully saturated rings. The maximum absolute atomic E-state index is 13.7. The number of halogens is 2. The molecule has 6 nitrogen and oxygen atoms in total. The van der Waals surface area contributed by atoms with Crippen molar-refractivity contribution in [1.29, 1.82) is 0 Å². The van der Waals surface area contributed by atoms with E-state index in [0.717, 1.165) is 11.1 Å². The number of hydrogen-bond donors (Lipinski definition) is 1. The number of rotatable bonds is 4. The normalized spacial score (nSPS) is 16.8. The largest absolute Gasteiger partial charge is 0.328 e. The van der Waals surface area contributed by atoms with Crippen LogP contribution in [0.5, 0.6) is 0 Å². The summed E-state index contributed by atoms with van der Waals surface area (Å²) in [5.74, 6) is -0.868. The van der Waals surface area contributed by atoms with Crippen LogP contribution < -0.4 is 5.32 Å². The second kappa shape index (κ2) is 8.08. The smallest absolute Gasteiger partial charge is 0.276 e. The van der Waals surface area contributed by atoms with Crippen LogP contribution in [0.15, 0.2) is 48.5 Å². The topological polar surface area (TPSA) is 63.1 Å². The van der Waals surface area contributed by atoms with E-state index in [2.05, 4.69) is 15.6 Å². The van der Waals surface area contributed by atoms with E-state index in [1.165, 1.54) is 24.3 Å². The molecule has 4 rings (SSSR count). The molecule has 1 unspecified atom stereocenters. The van der Waals surface area contributed by atoms with Crippen LogP contribution in [0.2, 0.25) is 0 Å². The maximum Gasteiger partial charge on any atom is 0.276 e. The van der Waals surface area contributed by atoms with Crippen molar-refractivity contribution in [3.8, 4) is 0 Å². The van der Waals surface area contributed by atoms with Gasteiger partial charge in [0.05, 0.1) is 18.3 Å². The third kappa shape index (κ3) is 4.02. The summed E-state index contributed by atoms with van der Waals surface area (Å²) < 4.78 is 28.4. The fraction of sp³-hybridized carbons (Fsp3) is 0.286. The highest BCUT2D eigenvalue weighted by Gasteiger charge is 2.31. The quantitative estimate of drug-likeness (QED) is 0.735. The number of nitrogens with one attached hydrogen (secondary N) is 1. The molecule has 1 aliphatic heterocycles. The highest BCUT2D eigenvalue weighted by Crippen LogP contribution is 2.25. The fourth-order valence-electron chi connectivity index (χ4n) is 3.57. The van der Waals surface area contributed by atoms with Gasteiger partial charge in [0.2, 0.25) is 0 Å². The second-order valence-corrected chi connectivity index (χ2v) is 7.08. The molecule has 1 aliphatic rings. The molecular weight excluding hydrogens is 376 g/mol. The van der Waals surface area contributed by atoms with E-state index in [1.807, 2.05) is 6.07 Å². The predicted molar refractivity (Wildman–Crippen MR) is 103 cm³/mol. The summed E-state index contributed by atoms with van der Waals surface area (Å²) in [5.41, 5.74) is 2.51. The monoisotopic (exact) mass is 397 g/mol. The van der Waals surface area contributed by atoms with Crippen molar-refractivity contribution in [2.45, 2.75) is 19.5 Å². The Morgan fingerprint density at radius 1 is 1.17 bits per heavy atom. The predicted octanol–water partition coefficient (Wildman–Crippen LogP) is 2.70. The Labute approximate surface area is 167 Å². The molecular formula is C21H21F2N5O. The summed E-state index contributed by atoms with van der Waals surface area (Å²) in [6.45, 7) is 3.86. The molecule has 1 amide bonds. The molecule has 3 aromatic rings. The number of aromatic nitrogens is 3. The third-order valence-corrected chi connectivity index (χ3v) is 5.17. The number of carbonyl (C=O) groups excluding carboxylic acids is 1. The van der Waals surface area contributed by atoms with Crippen molar-refractivity contribution in [2.24, 2.45) is 0 Å². The van der Waals surface area contributed by atoms with Crippen molar-refractivity contribution in [1.82, 2.24) is 25.2 Å². The van der Waals surface area contributed by atoms with Gasteiger partial charge < -0.3 is 10.2 Å². The zero-order valence-corrected chi connectivity index (χ0v) is 16.0. The van der Waals surface area contributed by atoms with Crippen LogP contribution in [0, 0.1) is 18.6 Å². The van der Waals surface area contributed by atoms with Gasteiger partial charge in [0.15, 0.2) is 5.69 Å². The van der Waals surface area contributed by atoms with Crippen LogP contribution in [0.3, 0.4) is 0 Å². The van der Waals surface area contributed by atoms with Crippen LogP contribution in [-0.4, -0.2) is 45.4 Å². The average Bonchev–Trinajstić information content (AvgIpc) is 3.09. The number of carbonyl (C=O) groups is 1. The molecule has 1 saturated heterocycles. The standard InChI is InChI=1S/C21H21F2N5O/c1-14-20(25-26-28(14)13-15-5-7-17(22)8-6-15)21(29)27-10-9-24-12-19(27)16-3-2-4-18(23)11-16/h2-8,11,19,24H,9-10,12-13H2,1H3. The Kier molecular flexibility index (Phi) is 5.35. The molecule has 150 valence electrons. The number of nitrogens with zero attached hydrogens (tertiary/aromatic N) is 4. The van der Waals surface area contributed by atoms with Gasteiger partial charge in [-0.3, -0.25) is 4.79 Å². The van der Waals surface area contributed by atoms with Crippen molar-refractivity contribution >= 4 is 5.91 Å². The number of amides is 1. The first-order valence-electron chi connectivity index (χ1n) is 9.44. The minimum Gasteiger partial charge on any atom is -0.328 e. The highest BCUT2D eigenvalue weighted by molar-refractivity contribution is 5.93. The lowest BCUT2D eigenvalue weighted by Gasteiger charge is -2.36. The Balaban J connectivity index is 1.58. The zero-order chi connectivity index (χ0) is 20.4. The minimum absolute atomic E-state index is 0.233. The van der Waals surface area contributed by atoms with Crippen LogP contribution in [0.4, 0.5) is 8.78 Å².